The lowest BCUT2D eigenvalue weighted by atomic mass is 10.4. The van der Waals surface area contributed by atoms with Crippen molar-refractivity contribution in [3.8, 4) is 0 Å². The lowest BCUT2D eigenvalue weighted by Gasteiger charge is -1.99. The Morgan fingerprint density at radius 1 is 1.71 bits per heavy atom. The highest BCUT2D eigenvalue weighted by atomic mass is 127. The van der Waals surface area contributed by atoms with Gasteiger partial charge in [-0.25, -0.2) is 0 Å². The maximum absolute atomic E-state index is 8.58. The second kappa shape index (κ2) is 5.14. The average Bonchev–Trinajstić information content (AvgIpc) is 1.68. The number of aliphatic hydroxyl groups is 2. The third-order valence-electron chi connectivity index (χ3n) is 0.466. The maximum Gasteiger partial charge on any atom is 0.0868 e. The number of rotatable bonds is 3. The van der Waals surface area contributed by atoms with Gasteiger partial charge < -0.3 is 10.2 Å². The van der Waals surface area contributed by atoms with Crippen LogP contribution in [0, 0.1) is 0 Å². The lowest BCUT2D eigenvalue weighted by molar-refractivity contribution is 0.114. The normalized spacial score (nSPS) is 14.1. The van der Waals surface area contributed by atoms with E-state index in [0.29, 0.717) is 5.75 Å². The van der Waals surface area contributed by atoms with E-state index >= 15 is 0 Å². The van der Waals surface area contributed by atoms with E-state index in [1.807, 2.05) is 0 Å². The largest absolute Gasteiger partial charge is 0.394 e. The van der Waals surface area contributed by atoms with E-state index in [0.717, 1.165) is 0 Å². The molecule has 1 atom stereocenters. The van der Waals surface area contributed by atoms with Crippen molar-refractivity contribution in [3.63, 3.8) is 0 Å². The Bertz CT molecular complexity index is 43.9. The molecule has 0 aromatic carbocycles. The molecule has 0 amide bonds. The Morgan fingerprint density at radius 2 is 2.29 bits per heavy atom. The van der Waals surface area contributed by atoms with Crippen LogP contribution in [0.3, 0.4) is 0 Å². The van der Waals surface area contributed by atoms with Crippen LogP contribution >= 0.6 is 30.1 Å². The van der Waals surface area contributed by atoms with Crippen molar-refractivity contribution < 1.29 is 10.2 Å². The highest BCUT2D eigenvalue weighted by Crippen LogP contribution is 2.11. The highest BCUT2D eigenvalue weighted by molar-refractivity contribution is 14.2. The molecule has 0 aromatic heterocycles. The van der Waals surface area contributed by atoms with Gasteiger partial charge in [-0.05, 0) is 21.2 Å². The van der Waals surface area contributed by atoms with E-state index in [1.165, 1.54) is 8.93 Å². The molecule has 1 unspecified atom stereocenters. The lowest BCUT2D eigenvalue weighted by Crippen LogP contribution is -2.13. The first-order valence-electron chi connectivity index (χ1n) is 1.83. The summed E-state index contributed by atoms with van der Waals surface area (Å²) in [6.45, 7) is -0.129. The molecule has 0 heterocycles. The Kier molecular flexibility index (Phi) is 5.88. The fraction of sp³-hybridized carbons (Fsp3) is 1.00. The van der Waals surface area contributed by atoms with Crippen molar-refractivity contribution in [2.24, 2.45) is 0 Å². The minimum Gasteiger partial charge on any atom is -0.394 e. The molecule has 0 saturated carbocycles. The Hall–Kier alpha value is 1.00. The predicted octanol–water partition coefficient (Wildman–Crippen LogP) is 0.423. The minimum atomic E-state index is -0.540. The van der Waals surface area contributed by atoms with Crippen LogP contribution in [0.4, 0.5) is 0 Å². The Labute approximate surface area is 58.9 Å². The number of halogens is 1. The third kappa shape index (κ3) is 4.86. The summed E-state index contributed by atoms with van der Waals surface area (Å²) >= 11 is 2.07. The van der Waals surface area contributed by atoms with Crippen molar-refractivity contribution in [2.45, 2.75) is 6.10 Å². The van der Waals surface area contributed by atoms with Crippen LogP contribution in [0.1, 0.15) is 0 Å². The molecule has 0 aliphatic carbocycles. The third-order valence-corrected chi connectivity index (χ3v) is 2.06. The second-order valence-electron chi connectivity index (χ2n) is 1.11. The first-order valence-corrected chi connectivity index (χ1v) is 5.36. The van der Waals surface area contributed by atoms with Gasteiger partial charge in [0.25, 0.3) is 0 Å². The van der Waals surface area contributed by atoms with Crippen molar-refractivity contribution in [1.82, 2.24) is 0 Å². The van der Waals surface area contributed by atoms with Gasteiger partial charge in [-0.3, -0.25) is 0 Å². The van der Waals surface area contributed by atoms with E-state index < -0.39 is 6.10 Å². The van der Waals surface area contributed by atoms with Crippen LogP contribution < -0.4 is 0 Å². The number of aliphatic hydroxyl groups excluding tert-OH is 2. The Balaban J connectivity index is 2.83. The maximum atomic E-state index is 8.58. The van der Waals surface area contributed by atoms with E-state index in [9.17, 15) is 0 Å². The first-order chi connectivity index (χ1) is 3.31. The molecular weight excluding hydrogens is 227 g/mol. The van der Waals surface area contributed by atoms with Crippen LogP contribution in [0.15, 0.2) is 0 Å². The van der Waals surface area contributed by atoms with Gasteiger partial charge in [0.05, 0.1) is 12.7 Å². The molecule has 0 saturated heterocycles. The summed E-state index contributed by atoms with van der Waals surface area (Å²) in [7, 11) is 1.49. The van der Waals surface area contributed by atoms with Crippen molar-refractivity contribution >= 4 is 30.1 Å². The van der Waals surface area contributed by atoms with E-state index in [-0.39, 0.29) is 6.61 Å². The number of hydrogen-bond donors (Lipinski definition) is 2. The zero-order chi connectivity index (χ0) is 5.70. The van der Waals surface area contributed by atoms with Gasteiger partial charge in [-0.2, -0.15) is 0 Å². The second-order valence-corrected chi connectivity index (χ2v) is 3.53. The van der Waals surface area contributed by atoms with E-state index in [4.69, 9.17) is 10.2 Å². The van der Waals surface area contributed by atoms with Crippen LogP contribution in [0.5, 0.6) is 0 Å². The van der Waals surface area contributed by atoms with Crippen LogP contribution in [-0.4, -0.2) is 28.7 Å². The average molecular weight is 234 g/mol. The monoisotopic (exact) mass is 234 g/mol. The Morgan fingerprint density at radius 3 is 2.43 bits per heavy atom. The molecule has 0 rings (SSSR count). The van der Waals surface area contributed by atoms with Crippen molar-refractivity contribution in [3.05, 3.63) is 0 Å². The summed E-state index contributed by atoms with van der Waals surface area (Å²) < 4.78 is 0. The molecule has 0 aliphatic heterocycles. The molecular formula is C3H7IO2S. The van der Waals surface area contributed by atoms with Gasteiger partial charge in [-0.15, -0.1) is 0 Å². The van der Waals surface area contributed by atoms with Crippen LogP contribution in [0.2, 0.25) is 0 Å². The molecule has 44 valence electrons. The summed E-state index contributed by atoms with van der Waals surface area (Å²) in [5, 5.41) is 16.8. The summed E-state index contributed by atoms with van der Waals surface area (Å²) in [5.41, 5.74) is 0. The van der Waals surface area contributed by atoms with Gasteiger partial charge >= 0.3 is 0 Å². The predicted molar refractivity (Wildman–Crippen MR) is 39.6 cm³/mol. The number of hydrogen-bond acceptors (Lipinski definition) is 3. The molecule has 0 aliphatic rings. The summed E-state index contributed by atoms with van der Waals surface area (Å²) in [6.07, 6.45) is -0.540. The molecule has 0 spiro atoms. The molecule has 2 nitrogen and oxygen atoms in total. The zero-order valence-corrected chi connectivity index (χ0v) is 6.65. The fourth-order valence-corrected chi connectivity index (χ4v) is 1.62. The molecule has 2 N–H and O–H groups in total. The first kappa shape index (κ1) is 8.00. The molecule has 4 heteroatoms. The SMILES string of the molecule is OCC(O)CSI. The smallest absolute Gasteiger partial charge is 0.0868 e. The van der Waals surface area contributed by atoms with Crippen LogP contribution in [-0.2, 0) is 0 Å². The topological polar surface area (TPSA) is 40.5 Å². The highest BCUT2D eigenvalue weighted by Gasteiger charge is 1.97. The summed E-state index contributed by atoms with van der Waals surface area (Å²) in [5.74, 6) is 0.608. The van der Waals surface area contributed by atoms with E-state index in [1.54, 1.807) is 0 Å². The van der Waals surface area contributed by atoms with Crippen molar-refractivity contribution in [2.75, 3.05) is 12.4 Å². The summed E-state index contributed by atoms with van der Waals surface area (Å²) in [6, 6.07) is 0. The van der Waals surface area contributed by atoms with Gasteiger partial charge in [0.1, 0.15) is 0 Å². The zero-order valence-electron chi connectivity index (χ0n) is 3.67. The van der Waals surface area contributed by atoms with Crippen molar-refractivity contribution in [1.29, 1.82) is 0 Å². The van der Waals surface area contributed by atoms with Gasteiger partial charge in [0.2, 0.25) is 0 Å². The molecule has 0 radical (unpaired) electrons. The van der Waals surface area contributed by atoms with Gasteiger partial charge in [0, 0.05) is 5.75 Å². The van der Waals surface area contributed by atoms with Crippen LogP contribution in [0.25, 0.3) is 0 Å². The van der Waals surface area contributed by atoms with Gasteiger partial charge in [0.15, 0.2) is 0 Å². The molecule has 0 aromatic rings. The molecule has 7 heavy (non-hydrogen) atoms. The molecule has 0 fully saturated rings. The fourth-order valence-electron chi connectivity index (χ4n) is 0.125. The molecule has 0 bridgehead atoms. The van der Waals surface area contributed by atoms with Gasteiger partial charge in [-0.1, -0.05) is 8.93 Å². The quantitative estimate of drug-likeness (QED) is 0.695. The van der Waals surface area contributed by atoms with E-state index in [2.05, 4.69) is 21.2 Å². The minimum absolute atomic E-state index is 0.129. The standard InChI is InChI=1S/C3H7IO2S/c4-7-2-3(6)1-5/h3,5-6H,1-2H2. The summed E-state index contributed by atoms with van der Waals surface area (Å²) in [4.78, 5) is 0.